The van der Waals surface area contributed by atoms with Gasteiger partial charge < -0.3 is 9.64 Å². The molecular weight excluding hydrogens is 302 g/mol. The third-order valence-electron chi connectivity index (χ3n) is 3.59. The van der Waals surface area contributed by atoms with Crippen LogP contribution >= 0.6 is 0 Å². The highest BCUT2D eigenvalue weighted by Crippen LogP contribution is 2.26. The Morgan fingerprint density at radius 3 is 2.21 bits per heavy atom. The third kappa shape index (κ3) is 5.69. The van der Waals surface area contributed by atoms with Crippen LogP contribution in [0.2, 0.25) is 0 Å². The second-order valence-corrected chi connectivity index (χ2v) is 6.47. The van der Waals surface area contributed by atoms with Gasteiger partial charge >= 0.3 is 5.97 Å². The summed E-state index contributed by atoms with van der Waals surface area (Å²) in [6.07, 6.45) is 4.91. The third-order valence-corrected chi connectivity index (χ3v) is 3.59. The molecule has 1 rings (SSSR count). The molecule has 0 bridgehead atoms. The highest BCUT2D eigenvalue weighted by Gasteiger charge is 2.26. The Kier molecular flexibility index (Phi) is 6.96. The first kappa shape index (κ1) is 19.7. The molecule has 4 heteroatoms. The molecule has 0 unspecified atom stereocenters. The van der Waals surface area contributed by atoms with Gasteiger partial charge in [-0.05, 0) is 52.0 Å². The van der Waals surface area contributed by atoms with Gasteiger partial charge in [0.05, 0.1) is 6.61 Å². The van der Waals surface area contributed by atoms with E-state index >= 15 is 0 Å². The molecule has 0 amide bonds. The fourth-order valence-corrected chi connectivity index (χ4v) is 2.36. The molecule has 130 valence electrons. The Bertz CT molecular complexity index is 637. The Balaban J connectivity index is 2.91. The van der Waals surface area contributed by atoms with Crippen LogP contribution in [0.15, 0.2) is 48.1 Å². The standard InChI is InChI=1S/C20H27NO3/c1-7-24-18(22)13-8-15(2)14-20(3,4)19(23)16-9-11-17(12-10-16)21(5)6/h8-14H,7H2,1-6H3. The molecule has 0 aliphatic rings. The molecule has 0 aliphatic carbocycles. The quantitative estimate of drug-likeness (QED) is 0.328. The van der Waals surface area contributed by atoms with E-state index in [2.05, 4.69) is 0 Å². The highest BCUT2D eigenvalue weighted by atomic mass is 16.5. The largest absolute Gasteiger partial charge is 0.463 e. The number of carbonyl (C=O) groups excluding carboxylic acids is 2. The molecule has 1 aromatic carbocycles. The van der Waals surface area contributed by atoms with Gasteiger partial charge in [0.25, 0.3) is 0 Å². The maximum Gasteiger partial charge on any atom is 0.330 e. The van der Waals surface area contributed by atoms with Crippen LogP contribution in [0.4, 0.5) is 5.69 Å². The molecule has 0 saturated carbocycles. The van der Waals surface area contributed by atoms with E-state index in [1.807, 2.05) is 70.1 Å². The minimum absolute atomic E-state index is 0.0386. The Morgan fingerprint density at radius 1 is 1.12 bits per heavy atom. The number of ether oxygens (including phenoxy) is 1. The summed E-state index contributed by atoms with van der Waals surface area (Å²) in [7, 11) is 3.92. The number of hydrogen-bond acceptors (Lipinski definition) is 4. The van der Waals surface area contributed by atoms with E-state index < -0.39 is 5.41 Å². The van der Waals surface area contributed by atoms with Crippen molar-refractivity contribution in [1.29, 1.82) is 0 Å². The minimum Gasteiger partial charge on any atom is -0.463 e. The van der Waals surface area contributed by atoms with E-state index in [0.29, 0.717) is 12.2 Å². The lowest BCUT2D eigenvalue weighted by atomic mass is 9.82. The van der Waals surface area contributed by atoms with Crippen molar-refractivity contribution in [3.8, 4) is 0 Å². The summed E-state index contributed by atoms with van der Waals surface area (Å²) in [5.41, 5.74) is 1.90. The van der Waals surface area contributed by atoms with Crippen LogP contribution in [0.25, 0.3) is 0 Å². The molecule has 0 fully saturated rings. The van der Waals surface area contributed by atoms with E-state index in [-0.39, 0.29) is 11.8 Å². The Labute approximate surface area is 144 Å². The van der Waals surface area contributed by atoms with Crippen LogP contribution in [-0.2, 0) is 9.53 Å². The van der Waals surface area contributed by atoms with Gasteiger partial charge in [-0.15, -0.1) is 0 Å². The fraction of sp³-hybridized carbons (Fsp3) is 0.400. The van der Waals surface area contributed by atoms with Crippen LogP contribution in [0.1, 0.15) is 38.1 Å². The van der Waals surface area contributed by atoms with Gasteiger partial charge in [-0.1, -0.05) is 17.7 Å². The predicted octanol–water partition coefficient (Wildman–Crippen LogP) is 4.03. The van der Waals surface area contributed by atoms with Crippen molar-refractivity contribution in [1.82, 2.24) is 0 Å². The zero-order valence-electron chi connectivity index (χ0n) is 15.4. The van der Waals surface area contributed by atoms with Crippen LogP contribution in [0.5, 0.6) is 0 Å². The Morgan fingerprint density at radius 2 is 1.71 bits per heavy atom. The van der Waals surface area contributed by atoms with Gasteiger partial charge in [-0.2, -0.15) is 0 Å². The van der Waals surface area contributed by atoms with Gasteiger partial charge in [-0.25, -0.2) is 4.79 Å². The second-order valence-electron chi connectivity index (χ2n) is 6.47. The van der Waals surface area contributed by atoms with Gasteiger partial charge in [0.2, 0.25) is 0 Å². The summed E-state index contributed by atoms with van der Waals surface area (Å²) >= 11 is 0. The molecule has 24 heavy (non-hydrogen) atoms. The number of nitrogens with zero attached hydrogens (tertiary/aromatic N) is 1. The highest BCUT2D eigenvalue weighted by molar-refractivity contribution is 6.01. The number of anilines is 1. The van der Waals surface area contributed by atoms with E-state index in [1.165, 1.54) is 6.08 Å². The van der Waals surface area contributed by atoms with Crippen molar-refractivity contribution in [2.75, 3.05) is 25.6 Å². The number of hydrogen-bond donors (Lipinski definition) is 0. The molecule has 0 N–H and O–H groups in total. The van der Waals surface area contributed by atoms with Gasteiger partial charge in [0.15, 0.2) is 5.78 Å². The zero-order chi connectivity index (χ0) is 18.3. The van der Waals surface area contributed by atoms with Crippen LogP contribution in [-0.4, -0.2) is 32.5 Å². The topological polar surface area (TPSA) is 46.6 Å². The summed E-state index contributed by atoms with van der Waals surface area (Å²) in [5.74, 6) is -0.342. The zero-order valence-corrected chi connectivity index (χ0v) is 15.4. The van der Waals surface area contributed by atoms with Crippen LogP contribution in [0, 0.1) is 5.41 Å². The van der Waals surface area contributed by atoms with E-state index in [9.17, 15) is 9.59 Å². The van der Waals surface area contributed by atoms with Crippen molar-refractivity contribution >= 4 is 17.4 Å². The minimum atomic E-state index is -0.664. The molecule has 4 nitrogen and oxygen atoms in total. The first-order valence-corrected chi connectivity index (χ1v) is 8.04. The summed E-state index contributed by atoms with van der Waals surface area (Å²) in [6.45, 7) is 7.71. The lowest BCUT2D eigenvalue weighted by molar-refractivity contribution is -0.137. The van der Waals surface area contributed by atoms with E-state index in [0.717, 1.165) is 11.3 Å². The van der Waals surface area contributed by atoms with Crippen molar-refractivity contribution in [3.05, 3.63) is 53.6 Å². The van der Waals surface area contributed by atoms with Crippen molar-refractivity contribution in [2.24, 2.45) is 5.41 Å². The number of esters is 1. The summed E-state index contributed by atoms with van der Waals surface area (Å²) in [6, 6.07) is 7.55. The first-order chi connectivity index (χ1) is 11.2. The molecule has 0 spiro atoms. The molecule has 0 heterocycles. The average Bonchev–Trinajstić information content (AvgIpc) is 2.52. The van der Waals surface area contributed by atoms with E-state index in [4.69, 9.17) is 4.74 Å². The number of allylic oxidation sites excluding steroid dienone is 3. The normalized spacial score (nSPS) is 12.3. The maximum atomic E-state index is 12.7. The maximum absolute atomic E-state index is 12.7. The van der Waals surface area contributed by atoms with Crippen LogP contribution in [0.3, 0.4) is 0 Å². The van der Waals surface area contributed by atoms with Gasteiger partial charge in [-0.3, -0.25) is 4.79 Å². The lowest BCUT2D eigenvalue weighted by Crippen LogP contribution is -2.22. The molecule has 0 aliphatic heterocycles. The summed E-state index contributed by atoms with van der Waals surface area (Å²) in [4.78, 5) is 26.1. The molecule has 0 aromatic heterocycles. The summed E-state index contributed by atoms with van der Waals surface area (Å²) in [5, 5.41) is 0. The molecule has 0 atom stereocenters. The molecule has 0 radical (unpaired) electrons. The lowest BCUT2D eigenvalue weighted by Gasteiger charge is -2.20. The van der Waals surface area contributed by atoms with Gasteiger partial charge in [0.1, 0.15) is 0 Å². The SMILES string of the molecule is CCOC(=O)C=CC(C)=CC(C)(C)C(=O)c1ccc(N(C)C)cc1. The monoisotopic (exact) mass is 329 g/mol. The summed E-state index contributed by atoms with van der Waals surface area (Å²) < 4.78 is 4.85. The number of benzene rings is 1. The van der Waals surface area contributed by atoms with Gasteiger partial charge in [0, 0.05) is 36.8 Å². The second kappa shape index (κ2) is 8.48. The van der Waals surface area contributed by atoms with Crippen molar-refractivity contribution < 1.29 is 14.3 Å². The number of carbonyl (C=O) groups is 2. The number of Topliss-reactive ketones (excluding diaryl/α,β-unsaturated/α-hetero) is 1. The average molecular weight is 329 g/mol. The van der Waals surface area contributed by atoms with Crippen LogP contribution < -0.4 is 4.90 Å². The molecular formula is C20H27NO3. The predicted molar refractivity (Wildman–Crippen MR) is 98.4 cm³/mol. The molecule has 0 saturated heterocycles. The first-order valence-electron chi connectivity index (χ1n) is 8.04. The van der Waals surface area contributed by atoms with Crippen molar-refractivity contribution in [2.45, 2.75) is 27.7 Å². The number of rotatable bonds is 7. The fourth-order valence-electron chi connectivity index (χ4n) is 2.36. The van der Waals surface area contributed by atoms with Crippen molar-refractivity contribution in [3.63, 3.8) is 0 Å². The van der Waals surface area contributed by atoms with E-state index in [1.54, 1.807) is 13.0 Å². The Hall–Kier alpha value is -2.36. The molecule has 1 aromatic rings. The number of ketones is 1. The smallest absolute Gasteiger partial charge is 0.330 e.